The predicted molar refractivity (Wildman–Crippen MR) is 57.2 cm³/mol. The van der Waals surface area contributed by atoms with Gasteiger partial charge in [0.1, 0.15) is 20.3 Å². The van der Waals surface area contributed by atoms with Crippen LogP contribution in [-0.2, 0) is 9.53 Å². The standard InChI is InChI=1S/C10H18O2Si/c1-10(2,9-11)12-7-6-8-13(3,4)5/h9H,7H2,1-5H3. The summed E-state index contributed by atoms with van der Waals surface area (Å²) in [6.45, 7) is 10.3. The van der Waals surface area contributed by atoms with Gasteiger partial charge >= 0.3 is 0 Å². The van der Waals surface area contributed by atoms with Crippen molar-refractivity contribution in [2.24, 2.45) is 0 Å². The molecule has 0 amide bonds. The van der Waals surface area contributed by atoms with Crippen molar-refractivity contribution < 1.29 is 9.53 Å². The SMILES string of the molecule is CC(C)(C=O)OCC#C[Si](C)(C)C. The van der Waals surface area contributed by atoms with E-state index in [1.807, 2.05) is 0 Å². The summed E-state index contributed by atoms with van der Waals surface area (Å²) in [5.41, 5.74) is 2.47. The summed E-state index contributed by atoms with van der Waals surface area (Å²) in [6, 6.07) is 0. The average molecular weight is 198 g/mol. The van der Waals surface area contributed by atoms with Gasteiger partial charge in [0.2, 0.25) is 0 Å². The molecule has 0 rings (SSSR count). The molecule has 2 nitrogen and oxygen atoms in total. The van der Waals surface area contributed by atoms with Gasteiger partial charge in [0.05, 0.1) is 0 Å². The Hall–Kier alpha value is -0.593. The Morgan fingerprint density at radius 3 is 2.31 bits per heavy atom. The maximum absolute atomic E-state index is 10.5. The van der Waals surface area contributed by atoms with Crippen molar-refractivity contribution in [3.63, 3.8) is 0 Å². The summed E-state index contributed by atoms with van der Waals surface area (Å²) in [5, 5.41) is 0. The number of hydrogen-bond donors (Lipinski definition) is 0. The van der Waals surface area contributed by atoms with Gasteiger partial charge in [0, 0.05) is 0 Å². The minimum absolute atomic E-state index is 0.343. The first-order valence-electron chi connectivity index (χ1n) is 4.37. The number of carbonyl (C=O) groups excluding carboxylic acids is 1. The molecule has 3 heteroatoms. The van der Waals surface area contributed by atoms with Crippen LogP contribution in [0.4, 0.5) is 0 Å². The fraction of sp³-hybridized carbons (Fsp3) is 0.700. The molecule has 0 atom stereocenters. The Labute approximate surface area is 81.7 Å². The van der Waals surface area contributed by atoms with Gasteiger partial charge in [0.25, 0.3) is 0 Å². The maximum Gasteiger partial charge on any atom is 0.151 e. The fourth-order valence-electron chi connectivity index (χ4n) is 0.557. The van der Waals surface area contributed by atoms with Crippen molar-refractivity contribution >= 4 is 14.4 Å². The first kappa shape index (κ1) is 12.4. The Balaban J connectivity index is 3.91. The smallest absolute Gasteiger partial charge is 0.151 e. The Morgan fingerprint density at radius 1 is 1.38 bits per heavy atom. The highest BCUT2D eigenvalue weighted by Gasteiger charge is 2.15. The molecule has 74 valence electrons. The molecule has 0 aromatic carbocycles. The van der Waals surface area contributed by atoms with Crippen LogP contribution in [0.5, 0.6) is 0 Å². The van der Waals surface area contributed by atoms with Crippen molar-refractivity contribution in [1.82, 2.24) is 0 Å². The molecule has 0 saturated carbocycles. The van der Waals surface area contributed by atoms with Gasteiger partial charge in [-0.2, -0.15) is 0 Å². The van der Waals surface area contributed by atoms with Gasteiger partial charge in [-0.05, 0) is 13.8 Å². The number of carbonyl (C=O) groups is 1. The molecule has 0 bridgehead atoms. The molecule has 0 aromatic heterocycles. The van der Waals surface area contributed by atoms with E-state index in [9.17, 15) is 4.79 Å². The number of hydrogen-bond acceptors (Lipinski definition) is 2. The largest absolute Gasteiger partial charge is 0.355 e. The zero-order chi connectivity index (χ0) is 10.5. The normalized spacial score (nSPS) is 11.8. The summed E-state index contributed by atoms with van der Waals surface area (Å²) in [6.07, 6.45) is 0.795. The van der Waals surface area contributed by atoms with Crippen LogP contribution in [0.1, 0.15) is 13.8 Å². The Kier molecular flexibility index (Phi) is 4.38. The van der Waals surface area contributed by atoms with Gasteiger partial charge < -0.3 is 9.53 Å². The van der Waals surface area contributed by atoms with Crippen LogP contribution in [0, 0.1) is 11.5 Å². The van der Waals surface area contributed by atoms with E-state index >= 15 is 0 Å². The molecule has 0 radical (unpaired) electrons. The average Bonchev–Trinajstić information content (AvgIpc) is 1.97. The molecular weight excluding hydrogens is 180 g/mol. The van der Waals surface area contributed by atoms with Crippen LogP contribution in [0.2, 0.25) is 19.6 Å². The second-order valence-corrected chi connectivity index (χ2v) is 9.31. The lowest BCUT2D eigenvalue weighted by Crippen LogP contribution is -2.26. The highest BCUT2D eigenvalue weighted by Crippen LogP contribution is 2.03. The lowest BCUT2D eigenvalue weighted by molar-refractivity contribution is -0.125. The third-order valence-corrected chi connectivity index (χ3v) is 2.19. The van der Waals surface area contributed by atoms with E-state index in [0.717, 1.165) is 6.29 Å². The van der Waals surface area contributed by atoms with Gasteiger partial charge in [-0.3, -0.25) is 0 Å². The lowest BCUT2D eigenvalue weighted by atomic mass is 10.2. The van der Waals surface area contributed by atoms with Gasteiger partial charge in [-0.1, -0.05) is 25.6 Å². The van der Waals surface area contributed by atoms with E-state index in [0.29, 0.717) is 6.61 Å². The van der Waals surface area contributed by atoms with E-state index < -0.39 is 13.7 Å². The topological polar surface area (TPSA) is 26.3 Å². The zero-order valence-corrected chi connectivity index (χ0v) is 10.1. The van der Waals surface area contributed by atoms with Crippen molar-refractivity contribution in [1.29, 1.82) is 0 Å². The molecule has 0 heterocycles. The van der Waals surface area contributed by atoms with Crippen LogP contribution in [-0.4, -0.2) is 26.6 Å². The molecule has 0 aliphatic carbocycles. The second-order valence-electron chi connectivity index (χ2n) is 4.56. The zero-order valence-electron chi connectivity index (χ0n) is 9.10. The van der Waals surface area contributed by atoms with Crippen molar-refractivity contribution in [2.45, 2.75) is 39.1 Å². The number of aldehydes is 1. The summed E-state index contributed by atoms with van der Waals surface area (Å²) in [4.78, 5) is 10.5. The molecule has 0 fully saturated rings. The summed E-state index contributed by atoms with van der Waals surface area (Å²) in [7, 11) is -1.29. The molecule has 0 spiro atoms. The van der Waals surface area contributed by atoms with Crippen LogP contribution in [0.25, 0.3) is 0 Å². The van der Waals surface area contributed by atoms with Gasteiger partial charge in [0.15, 0.2) is 6.29 Å². The Morgan fingerprint density at radius 2 is 1.92 bits per heavy atom. The molecule has 0 N–H and O–H groups in total. The van der Waals surface area contributed by atoms with E-state index in [-0.39, 0.29) is 0 Å². The second kappa shape index (κ2) is 4.59. The van der Waals surface area contributed by atoms with Crippen LogP contribution < -0.4 is 0 Å². The summed E-state index contributed by atoms with van der Waals surface area (Å²) < 4.78 is 5.25. The maximum atomic E-state index is 10.5. The molecular formula is C10H18O2Si. The highest BCUT2D eigenvalue weighted by molar-refractivity contribution is 6.83. The van der Waals surface area contributed by atoms with Crippen LogP contribution in [0.15, 0.2) is 0 Å². The van der Waals surface area contributed by atoms with Crippen molar-refractivity contribution in [3.05, 3.63) is 0 Å². The third-order valence-electron chi connectivity index (χ3n) is 1.26. The minimum Gasteiger partial charge on any atom is -0.355 e. The lowest BCUT2D eigenvalue weighted by Gasteiger charge is -2.15. The van der Waals surface area contributed by atoms with Gasteiger partial charge in [-0.25, -0.2) is 0 Å². The minimum atomic E-state index is -1.29. The first-order valence-corrected chi connectivity index (χ1v) is 7.87. The summed E-state index contributed by atoms with van der Waals surface area (Å²) in [5.74, 6) is 2.95. The van der Waals surface area contributed by atoms with Crippen LogP contribution >= 0.6 is 0 Å². The van der Waals surface area contributed by atoms with Crippen molar-refractivity contribution in [2.75, 3.05) is 6.61 Å². The van der Waals surface area contributed by atoms with Gasteiger partial charge in [-0.15, -0.1) is 5.54 Å². The van der Waals surface area contributed by atoms with E-state index in [2.05, 4.69) is 31.1 Å². The van der Waals surface area contributed by atoms with E-state index in [1.54, 1.807) is 13.8 Å². The summed E-state index contributed by atoms with van der Waals surface area (Å²) >= 11 is 0. The monoisotopic (exact) mass is 198 g/mol. The molecule has 13 heavy (non-hydrogen) atoms. The highest BCUT2D eigenvalue weighted by atomic mass is 28.3. The number of rotatable bonds is 3. The molecule has 0 aliphatic heterocycles. The fourth-order valence-corrected chi connectivity index (χ4v) is 1.16. The molecule has 0 unspecified atom stereocenters. The molecule has 0 aliphatic rings. The van der Waals surface area contributed by atoms with E-state index in [1.165, 1.54) is 0 Å². The number of ether oxygens (including phenoxy) is 1. The molecule has 0 aromatic rings. The van der Waals surface area contributed by atoms with E-state index in [4.69, 9.17) is 4.74 Å². The predicted octanol–water partition coefficient (Wildman–Crippen LogP) is 1.86. The van der Waals surface area contributed by atoms with Crippen molar-refractivity contribution in [3.8, 4) is 11.5 Å². The van der Waals surface area contributed by atoms with Crippen LogP contribution in [0.3, 0.4) is 0 Å². The first-order chi connectivity index (χ1) is 5.77. The Bertz CT molecular complexity index is 228. The third kappa shape index (κ3) is 7.76. The molecule has 0 saturated heterocycles. The quantitative estimate of drug-likeness (QED) is 0.393.